The van der Waals surface area contributed by atoms with E-state index in [1.165, 1.54) is 21.3 Å². The van der Waals surface area contributed by atoms with E-state index in [-0.39, 0.29) is 11.3 Å². The minimum Gasteiger partial charge on any atom is -0.497 e. The van der Waals surface area contributed by atoms with Gasteiger partial charge in [0, 0.05) is 5.56 Å². The molecule has 126 valence electrons. The Morgan fingerprint density at radius 2 is 1.46 bits per heavy atom. The summed E-state index contributed by atoms with van der Waals surface area (Å²) in [7, 11) is 4.45. The zero-order valence-corrected chi connectivity index (χ0v) is 13.6. The number of methoxy groups -OCH3 is 3. The van der Waals surface area contributed by atoms with E-state index in [0.29, 0.717) is 17.1 Å². The molecule has 0 aliphatic carbocycles. The monoisotopic (exact) mass is 330 g/mol. The van der Waals surface area contributed by atoms with Crippen molar-refractivity contribution in [1.82, 2.24) is 10.9 Å². The third-order valence-corrected chi connectivity index (χ3v) is 3.29. The highest BCUT2D eigenvalue weighted by atomic mass is 16.5. The molecule has 7 nitrogen and oxygen atoms in total. The lowest BCUT2D eigenvalue weighted by Gasteiger charge is -2.13. The van der Waals surface area contributed by atoms with Crippen molar-refractivity contribution in [2.75, 3.05) is 21.3 Å². The first kappa shape index (κ1) is 17.1. The molecule has 0 fully saturated rings. The molecule has 2 amide bonds. The first-order valence-electron chi connectivity index (χ1n) is 7.06. The molecule has 2 rings (SSSR count). The maximum absolute atomic E-state index is 12.2. The summed E-state index contributed by atoms with van der Waals surface area (Å²) in [5.41, 5.74) is 5.32. The van der Waals surface area contributed by atoms with Gasteiger partial charge < -0.3 is 14.2 Å². The maximum atomic E-state index is 12.2. The fourth-order valence-electron chi connectivity index (χ4n) is 2.06. The van der Waals surface area contributed by atoms with Crippen LogP contribution in [0.25, 0.3) is 0 Å². The van der Waals surface area contributed by atoms with Gasteiger partial charge in [-0.25, -0.2) is 0 Å². The number of hydrazine groups is 1. The van der Waals surface area contributed by atoms with Gasteiger partial charge in [0.25, 0.3) is 11.8 Å². The van der Waals surface area contributed by atoms with Crippen molar-refractivity contribution in [1.29, 1.82) is 0 Å². The third kappa shape index (κ3) is 3.75. The summed E-state index contributed by atoms with van der Waals surface area (Å²) in [5.74, 6) is 0.375. The second-order valence-corrected chi connectivity index (χ2v) is 4.68. The van der Waals surface area contributed by atoms with E-state index in [1.807, 2.05) is 0 Å². The van der Waals surface area contributed by atoms with Gasteiger partial charge in [0.05, 0.1) is 26.9 Å². The fraction of sp³-hybridized carbons (Fsp3) is 0.176. The molecule has 0 bridgehead atoms. The number of ether oxygens (including phenoxy) is 3. The first-order chi connectivity index (χ1) is 11.6. The number of benzene rings is 2. The second-order valence-electron chi connectivity index (χ2n) is 4.68. The Kier molecular flexibility index (Phi) is 5.62. The van der Waals surface area contributed by atoms with Crippen molar-refractivity contribution in [3.05, 3.63) is 53.6 Å². The minimum absolute atomic E-state index is 0.242. The SMILES string of the molecule is COc1ccc(C(=O)NNC(=O)c2cccc(OC)c2OC)cc1. The van der Waals surface area contributed by atoms with Crippen molar-refractivity contribution in [2.24, 2.45) is 0 Å². The number of hydrogen-bond acceptors (Lipinski definition) is 5. The van der Waals surface area contributed by atoms with Gasteiger partial charge >= 0.3 is 0 Å². The number of para-hydroxylation sites is 1. The van der Waals surface area contributed by atoms with E-state index in [9.17, 15) is 9.59 Å². The number of rotatable bonds is 5. The molecule has 0 heterocycles. The van der Waals surface area contributed by atoms with Crippen molar-refractivity contribution in [3.63, 3.8) is 0 Å². The molecular formula is C17H18N2O5. The van der Waals surface area contributed by atoms with E-state index >= 15 is 0 Å². The van der Waals surface area contributed by atoms with Crippen molar-refractivity contribution >= 4 is 11.8 Å². The van der Waals surface area contributed by atoms with Gasteiger partial charge in [-0.3, -0.25) is 20.4 Å². The number of hydrogen-bond donors (Lipinski definition) is 2. The van der Waals surface area contributed by atoms with Gasteiger partial charge in [-0.1, -0.05) is 6.07 Å². The van der Waals surface area contributed by atoms with Crippen LogP contribution in [0.15, 0.2) is 42.5 Å². The predicted octanol–water partition coefficient (Wildman–Crippen LogP) is 1.79. The van der Waals surface area contributed by atoms with Gasteiger partial charge in [-0.2, -0.15) is 0 Å². The molecule has 0 unspecified atom stereocenters. The molecular weight excluding hydrogens is 312 g/mol. The van der Waals surface area contributed by atoms with Gasteiger partial charge in [0.15, 0.2) is 11.5 Å². The molecule has 0 saturated heterocycles. The van der Waals surface area contributed by atoms with Crippen LogP contribution in [-0.2, 0) is 0 Å². The standard InChI is InChI=1S/C17H18N2O5/c1-22-12-9-7-11(8-10-12)16(20)18-19-17(21)13-5-4-6-14(23-2)15(13)24-3/h4-10H,1-3H3,(H,18,20)(H,19,21). The molecule has 2 N–H and O–H groups in total. The zero-order chi connectivity index (χ0) is 17.5. The average molecular weight is 330 g/mol. The molecule has 0 saturated carbocycles. The summed E-state index contributed by atoms with van der Waals surface area (Å²) >= 11 is 0. The largest absolute Gasteiger partial charge is 0.497 e. The van der Waals surface area contributed by atoms with E-state index in [4.69, 9.17) is 14.2 Å². The number of carbonyl (C=O) groups excluding carboxylic acids is 2. The Morgan fingerprint density at radius 3 is 2.04 bits per heavy atom. The quantitative estimate of drug-likeness (QED) is 0.816. The lowest BCUT2D eigenvalue weighted by Crippen LogP contribution is -2.41. The van der Waals surface area contributed by atoms with Crippen molar-refractivity contribution in [2.45, 2.75) is 0 Å². The highest BCUT2D eigenvalue weighted by molar-refractivity contribution is 6.01. The predicted molar refractivity (Wildman–Crippen MR) is 87.5 cm³/mol. The van der Waals surface area contributed by atoms with Crippen LogP contribution in [-0.4, -0.2) is 33.1 Å². The molecule has 2 aromatic rings. The molecule has 24 heavy (non-hydrogen) atoms. The number of carbonyl (C=O) groups is 2. The van der Waals surface area contributed by atoms with Gasteiger partial charge in [0.1, 0.15) is 5.75 Å². The maximum Gasteiger partial charge on any atom is 0.273 e. The molecule has 0 radical (unpaired) electrons. The normalized spacial score (nSPS) is 9.79. The topological polar surface area (TPSA) is 85.9 Å². The molecule has 7 heteroatoms. The summed E-state index contributed by atoms with van der Waals surface area (Å²) < 4.78 is 15.4. The molecule has 0 atom stereocenters. The van der Waals surface area contributed by atoms with Crippen LogP contribution in [0.3, 0.4) is 0 Å². The van der Waals surface area contributed by atoms with Crippen LogP contribution in [0.1, 0.15) is 20.7 Å². The smallest absolute Gasteiger partial charge is 0.273 e. The van der Waals surface area contributed by atoms with Crippen molar-refractivity contribution in [3.8, 4) is 17.2 Å². The van der Waals surface area contributed by atoms with E-state index in [0.717, 1.165) is 0 Å². The van der Waals surface area contributed by atoms with Crippen LogP contribution < -0.4 is 25.1 Å². The highest BCUT2D eigenvalue weighted by Crippen LogP contribution is 2.30. The zero-order valence-electron chi connectivity index (χ0n) is 13.6. The Balaban J connectivity index is 2.06. The molecule has 0 aromatic heterocycles. The van der Waals surface area contributed by atoms with E-state index in [2.05, 4.69) is 10.9 Å². The van der Waals surface area contributed by atoms with Crippen LogP contribution in [0.4, 0.5) is 0 Å². The molecule has 0 aliphatic rings. The van der Waals surface area contributed by atoms with Crippen LogP contribution in [0.5, 0.6) is 17.2 Å². The second kappa shape index (κ2) is 7.87. The Labute approximate surface area is 139 Å². The van der Waals surface area contributed by atoms with Crippen LogP contribution in [0, 0.1) is 0 Å². The minimum atomic E-state index is -0.521. The van der Waals surface area contributed by atoms with Crippen LogP contribution in [0.2, 0.25) is 0 Å². The Morgan fingerprint density at radius 1 is 0.792 bits per heavy atom. The van der Waals surface area contributed by atoms with Gasteiger partial charge in [-0.15, -0.1) is 0 Å². The lowest BCUT2D eigenvalue weighted by molar-refractivity contribution is 0.0844. The summed E-state index contributed by atoms with van der Waals surface area (Å²) in [5, 5.41) is 0. The van der Waals surface area contributed by atoms with Crippen molar-refractivity contribution < 1.29 is 23.8 Å². The average Bonchev–Trinajstić information content (AvgIpc) is 2.64. The summed E-state index contributed by atoms with van der Waals surface area (Å²) in [6.45, 7) is 0. The number of amides is 2. The fourth-order valence-corrected chi connectivity index (χ4v) is 2.06. The summed E-state index contributed by atoms with van der Waals surface area (Å²) in [6.07, 6.45) is 0. The first-order valence-corrected chi connectivity index (χ1v) is 7.06. The Bertz CT molecular complexity index is 728. The van der Waals surface area contributed by atoms with Gasteiger partial charge in [-0.05, 0) is 36.4 Å². The molecule has 0 aliphatic heterocycles. The van der Waals surface area contributed by atoms with E-state index in [1.54, 1.807) is 42.5 Å². The summed E-state index contributed by atoms with van der Waals surface area (Å²) in [6, 6.07) is 11.4. The third-order valence-electron chi connectivity index (χ3n) is 3.29. The van der Waals surface area contributed by atoms with Crippen LogP contribution >= 0.6 is 0 Å². The summed E-state index contributed by atoms with van der Waals surface area (Å²) in [4.78, 5) is 24.3. The highest BCUT2D eigenvalue weighted by Gasteiger charge is 2.17. The number of nitrogens with one attached hydrogen (secondary N) is 2. The molecule has 0 spiro atoms. The van der Waals surface area contributed by atoms with E-state index < -0.39 is 11.8 Å². The Hall–Kier alpha value is -3.22. The lowest BCUT2D eigenvalue weighted by atomic mass is 10.1. The molecule has 2 aromatic carbocycles. The van der Waals surface area contributed by atoms with Gasteiger partial charge in [0.2, 0.25) is 0 Å².